The number of carbonyl (C=O) groups is 2. The zero-order valence-electron chi connectivity index (χ0n) is 14.4. The van der Waals surface area contributed by atoms with Crippen molar-refractivity contribution in [2.45, 2.75) is 20.3 Å². The number of benzene rings is 1. The zero-order valence-corrected chi connectivity index (χ0v) is 14.4. The van der Waals surface area contributed by atoms with Gasteiger partial charge in [-0.1, -0.05) is 0 Å². The SMILES string of the molecule is CCOC(=O)C(Cc1cc(=O)oc2cc(OC)ccc12)C(=O)OCC. The Bertz CT molecular complexity index is 804. The first kappa shape index (κ1) is 18.5. The molecule has 0 atom stereocenters. The van der Waals surface area contributed by atoms with Gasteiger partial charge in [0.05, 0.1) is 20.3 Å². The van der Waals surface area contributed by atoms with Gasteiger partial charge >= 0.3 is 17.6 Å². The minimum absolute atomic E-state index is 0.0217. The summed E-state index contributed by atoms with van der Waals surface area (Å²) in [6.45, 7) is 3.59. The lowest BCUT2D eigenvalue weighted by Crippen LogP contribution is -2.30. The lowest BCUT2D eigenvalue weighted by atomic mass is 9.97. The number of hydrogen-bond acceptors (Lipinski definition) is 7. The predicted octanol–water partition coefficient (Wildman–Crippen LogP) is 2.09. The van der Waals surface area contributed by atoms with Crippen LogP contribution in [-0.4, -0.2) is 32.3 Å². The Labute approximate surface area is 144 Å². The Hall–Kier alpha value is -2.83. The molecule has 7 nitrogen and oxygen atoms in total. The fourth-order valence-corrected chi connectivity index (χ4v) is 2.47. The average Bonchev–Trinajstić information content (AvgIpc) is 2.58. The van der Waals surface area contributed by atoms with Crippen molar-refractivity contribution >= 4 is 22.9 Å². The third kappa shape index (κ3) is 4.37. The molecule has 0 unspecified atom stereocenters. The van der Waals surface area contributed by atoms with Crippen LogP contribution in [0.2, 0.25) is 0 Å². The first-order valence-electron chi connectivity index (χ1n) is 7.94. The van der Waals surface area contributed by atoms with Crippen LogP contribution in [0.25, 0.3) is 11.0 Å². The number of fused-ring (bicyclic) bond motifs is 1. The van der Waals surface area contributed by atoms with Gasteiger partial charge in [0.25, 0.3) is 0 Å². The van der Waals surface area contributed by atoms with Gasteiger partial charge in [0, 0.05) is 17.5 Å². The van der Waals surface area contributed by atoms with E-state index < -0.39 is 23.5 Å². The summed E-state index contributed by atoms with van der Waals surface area (Å²) < 4.78 is 20.2. The molecular formula is C18H20O7. The first-order valence-corrected chi connectivity index (χ1v) is 7.94. The fraction of sp³-hybridized carbons (Fsp3) is 0.389. The van der Waals surface area contributed by atoms with Crippen LogP contribution in [0, 0.1) is 5.92 Å². The Morgan fingerprint density at radius 2 is 1.72 bits per heavy atom. The average molecular weight is 348 g/mol. The van der Waals surface area contributed by atoms with Crippen molar-refractivity contribution in [1.82, 2.24) is 0 Å². The second-order valence-corrected chi connectivity index (χ2v) is 5.21. The van der Waals surface area contributed by atoms with E-state index in [1.54, 1.807) is 32.0 Å². The van der Waals surface area contributed by atoms with Gasteiger partial charge in [0.1, 0.15) is 11.3 Å². The molecule has 134 valence electrons. The normalized spacial score (nSPS) is 10.7. The van der Waals surface area contributed by atoms with Crippen molar-refractivity contribution in [1.29, 1.82) is 0 Å². The molecular weight excluding hydrogens is 328 g/mol. The molecule has 25 heavy (non-hydrogen) atoms. The largest absolute Gasteiger partial charge is 0.497 e. The van der Waals surface area contributed by atoms with E-state index in [9.17, 15) is 14.4 Å². The molecule has 2 aromatic rings. The second-order valence-electron chi connectivity index (χ2n) is 5.21. The van der Waals surface area contributed by atoms with Gasteiger partial charge < -0.3 is 18.6 Å². The lowest BCUT2D eigenvalue weighted by Gasteiger charge is -2.15. The van der Waals surface area contributed by atoms with Gasteiger partial charge in [-0.05, 0) is 38.0 Å². The first-order chi connectivity index (χ1) is 12.0. The number of methoxy groups -OCH3 is 1. The fourth-order valence-electron chi connectivity index (χ4n) is 2.47. The van der Waals surface area contributed by atoms with Crippen LogP contribution in [0.5, 0.6) is 5.75 Å². The maximum Gasteiger partial charge on any atom is 0.336 e. The highest BCUT2D eigenvalue weighted by molar-refractivity contribution is 5.96. The molecule has 1 heterocycles. The summed E-state index contributed by atoms with van der Waals surface area (Å²) in [5, 5.41) is 0.610. The van der Waals surface area contributed by atoms with Crippen LogP contribution in [0.15, 0.2) is 33.5 Å². The zero-order chi connectivity index (χ0) is 18.4. The van der Waals surface area contributed by atoms with Gasteiger partial charge in [-0.25, -0.2) is 4.79 Å². The molecule has 2 rings (SSSR count). The number of ether oxygens (including phenoxy) is 3. The molecule has 0 bridgehead atoms. The van der Waals surface area contributed by atoms with E-state index in [1.807, 2.05) is 0 Å². The highest BCUT2D eigenvalue weighted by Crippen LogP contribution is 2.25. The van der Waals surface area contributed by atoms with Gasteiger partial charge in [0.15, 0.2) is 5.92 Å². The van der Waals surface area contributed by atoms with Crippen LogP contribution in [-0.2, 0) is 25.5 Å². The maximum atomic E-state index is 12.1. The molecule has 1 aromatic carbocycles. The van der Waals surface area contributed by atoms with E-state index in [1.165, 1.54) is 13.2 Å². The van der Waals surface area contributed by atoms with Gasteiger partial charge in [0.2, 0.25) is 0 Å². The Kier molecular flexibility index (Phi) is 6.16. The summed E-state index contributed by atoms with van der Waals surface area (Å²) in [5.41, 5.74) is 0.232. The van der Waals surface area contributed by atoms with Crippen molar-refractivity contribution in [3.05, 3.63) is 40.2 Å². The monoisotopic (exact) mass is 348 g/mol. The molecule has 0 saturated heterocycles. The summed E-state index contributed by atoms with van der Waals surface area (Å²) in [7, 11) is 1.50. The van der Waals surface area contributed by atoms with E-state index >= 15 is 0 Å². The van der Waals surface area contributed by atoms with Gasteiger partial charge in [-0.2, -0.15) is 0 Å². The molecule has 0 saturated carbocycles. The minimum Gasteiger partial charge on any atom is -0.497 e. The summed E-state index contributed by atoms with van der Waals surface area (Å²) in [4.78, 5) is 36.1. The minimum atomic E-state index is -1.15. The highest BCUT2D eigenvalue weighted by atomic mass is 16.6. The van der Waals surface area contributed by atoms with Crippen LogP contribution in [0.1, 0.15) is 19.4 Å². The third-order valence-corrected chi connectivity index (χ3v) is 3.60. The van der Waals surface area contributed by atoms with E-state index in [-0.39, 0.29) is 19.6 Å². The molecule has 0 amide bonds. The Morgan fingerprint density at radius 1 is 1.08 bits per heavy atom. The topological polar surface area (TPSA) is 92.0 Å². The highest BCUT2D eigenvalue weighted by Gasteiger charge is 2.30. The molecule has 0 spiro atoms. The van der Waals surface area contributed by atoms with Gasteiger partial charge in [-0.15, -0.1) is 0 Å². The predicted molar refractivity (Wildman–Crippen MR) is 89.5 cm³/mol. The van der Waals surface area contributed by atoms with E-state index in [0.717, 1.165) is 0 Å². The second kappa shape index (κ2) is 8.32. The van der Waals surface area contributed by atoms with Crippen molar-refractivity contribution < 1.29 is 28.2 Å². The van der Waals surface area contributed by atoms with Crippen LogP contribution in [0.4, 0.5) is 0 Å². The Balaban J connectivity index is 2.45. The molecule has 0 aliphatic rings. The van der Waals surface area contributed by atoms with Crippen molar-refractivity contribution in [2.24, 2.45) is 5.92 Å². The van der Waals surface area contributed by atoms with E-state index in [4.69, 9.17) is 18.6 Å². The molecule has 0 N–H and O–H groups in total. The molecule has 0 fully saturated rings. The number of esters is 2. The Morgan fingerprint density at radius 3 is 2.28 bits per heavy atom. The van der Waals surface area contributed by atoms with Crippen LogP contribution < -0.4 is 10.4 Å². The maximum absolute atomic E-state index is 12.1. The number of carbonyl (C=O) groups excluding carboxylic acids is 2. The molecule has 7 heteroatoms. The van der Waals surface area contributed by atoms with E-state index in [0.29, 0.717) is 22.3 Å². The van der Waals surface area contributed by atoms with E-state index in [2.05, 4.69) is 0 Å². The van der Waals surface area contributed by atoms with Crippen molar-refractivity contribution in [3.63, 3.8) is 0 Å². The van der Waals surface area contributed by atoms with Crippen LogP contribution >= 0.6 is 0 Å². The number of hydrogen-bond donors (Lipinski definition) is 0. The summed E-state index contributed by atoms with van der Waals surface area (Å²) in [6.07, 6.45) is -0.0217. The quantitative estimate of drug-likeness (QED) is 0.430. The third-order valence-electron chi connectivity index (χ3n) is 3.60. The van der Waals surface area contributed by atoms with Crippen LogP contribution in [0.3, 0.4) is 0 Å². The van der Waals surface area contributed by atoms with Gasteiger partial charge in [-0.3, -0.25) is 9.59 Å². The standard InChI is InChI=1S/C18H20O7/c1-4-23-17(20)14(18(21)24-5-2)8-11-9-16(19)25-15-10-12(22-3)6-7-13(11)15/h6-7,9-10,14H,4-5,8H2,1-3H3. The number of rotatable bonds is 7. The lowest BCUT2D eigenvalue weighted by molar-refractivity contribution is -0.161. The molecule has 0 aliphatic heterocycles. The molecule has 0 radical (unpaired) electrons. The molecule has 1 aromatic heterocycles. The van der Waals surface area contributed by atoms with Crippen molar-refractivity contribution in [3.8, 4) is 5.75 Å². The smallest absolute Gasteiger partial charge is 0.336 e. The summed E-state index contributed by atoms with van der Waals surface area (Å²) >= 11 is 0. The summed E-state index contributed by atoms with van der Waals surface area (Å²) in [5.74, 6) is -1.99. The van der Waals surface area contributed by atoms with Crippen molar-refractivity contribution in [2.75, 3.05) is 20.3 Å². The summed E-state index contributed by atoms with van der Waals surface area (Å²) in [6, 6.07) is 6.25. The molecule has 0 aliphatic carbocycles.